The standard InChI is InChI=1S/C16H15N5O4S3/c1-2-26-16-21-19-14(28-16)17-12(22)8-27-15-20-18-13(25-15)9-3-4-10-11(7-9)24-6-5-23-10/h3-4,7H,2,5-6,8H2,1H3,(H,17,19,22). The van der Waals surface area contributed by atoms with Crippen molar-refractivity contribution < 1.29 is 18.7 Å². The molecule has 0 radical (unpaired) electrons. The van der Waals surface area contributed by atoms with Crippen LogP contribution < -0.4 is 14.8 Å². The molecule has 0 saturated heterocycles. The third kappa shape index (κ3) is 4.56. The number of fused-ring (bicyclic) bond motifs is 1. The molecule has 0 spiro atoms. The summed E-state index contributed by atoms with van der Waals surface area (Å²) < 4.78 is 17.5. The number of hydrogen-bond donors (Lipinski definition) is 1. The molecule has 1 aliphatic heterocycles. The van der Waals surface area contributed by atoms with Gasteiger partial charge in [-0.3, -0.25) is 10.1 Å². The van der Waals surface area contributed by atoms with Crippen LogP contribution in [0.3, 0.4) is 0 Å². The van der Waals surface area contributed by atoms with Gasteiger partial charge in [0.2, 0.25) is 16.9 Å². The van der Waals surface area contributed by atoms with Crippen molar-refractivity contribution in [3.8, 4) is 23.0 Å². The van der Waals surface area contributed by atoms with Crippen LogP contribution in [0.4, 0.5) is 5.13 Å². The number of ether oxygens (including phenoxy) is 2. The summed E-state index contributed by atoms with van der Waals surface area (Å²) in [5, 5.41) is 19.4. The molecule has 4 rings (SSSR count). The minimum atomic E-state index is -0.215. The monoisotopic (exact) mass is 437 g/mol. The van der Waals surface area contributed by atoms with Crippen molar-refractivity contribution in [2.24, 2.45) is 0 Å². The molecule has 0 atom stereocenters. The summed E-state index contributed by atoms with van der Waals surface area (Å²) in [5.74, 6) is 2.50. The topological polar surface area (TPSA) is 112 Å². The molecule has 0 fully saturated rings. The average Bonchev–Trinajstić information content (AvgIpc) is 3.36. The molecule has 12 heteroatoms. The Bertz CT molecular complexity index is 977. The number of carbonyl (C=O) groups excluding carboxylic acids is 1. The Balaban J connectivity index is 1.33. The first kappa shape index (κ1) is 19.0. The number of amides is 1. The van der Waals surface area contributed by atoms with Gasteiger partial charge in [0.1, 0.15) is 13.2 Å². The molecule has 146 valence electrons. The number of aromatic nitrogens is 4. The van der Waals surface area contributed by atoms with Crippen LogP contribution in [0.1, 0.15) is 6.92 Å². The van der Waals surface area contributed by atoms with Crippen LogP contribution in [0.25, 0.3) is 11.5 Å². The van der Waals surface area contributed by atoms with Gasteiger partial charge in [-0.25, -0.2) is 0 Å². The normalized spacial score (nSPS) is 12.8. The summed E-state index contributed by atoms with van der Waals surface area (Å²) in [6.45, 7) is 3.07. The molecule has 9 nitrogen and oxygen atoms in total. The molecule has 2 aromatic heterocycles. The number of carbonyl (C=O) groups is 1. The van der Waals surface area contributed by atoms with E-state index < -0.39 is 0 Å². The van der Waals surface area contributed by atoms with Crippen molar-refractivity contribution >= 4 is 45.9 Å². The summed E-state index contributed by atoms with van der Waals surface area (Å²) in [4.78, 5) is 12.1. The van der Waals surface area contributed by atoms with E-state index in [1.54, 1.807) is 23.9 Å². The SMILES string of the molecule is CCSc1nnc(NC(=O)CSc2nnc(-c3ccc4c(c3)OCCO4)o2)s1. The van der Waals surface area contributed by atoms with Gasteiger partial charge in [-0.2, -0.15) is 0 Å². The van der Waals surface area contributed by atoms with E-state index in [1.165, 1.54) is 11.3 Å². The van der Waals surface area contributed by atoms with Gasteiger partial charge in [-0.1, -0.05) is 41.8 Å². The number of benzene rings is 1. The van der Waals surface area contributed by atoms with Crippen molar-refractivity contribution in [1.29, 1.82) is 0 Å². The predicted octanol–water partition coefficient (Wildman–Crippen LogP) is 3.20. The van der Waals surface area contributed by atoms with Gasteiger partial charge in [0.25, 0.3) is 5.22 Å². The summed E-state index contributed by atoms with van der Waals surface area (Å²) in [7, 11) is 0. The lowest BCUT2D eigenvalue weighted by atomic mass is 10.2. The highest BCUT2D eigenvalue weighted by Crippen LogP contribution is 2.34. The number of rotatable bonds is 7. The van der Waals surface area contributed by atoms with Gasteiger partial charge in [0, 0.05) is 5.56 Å². The Labute approximate surface area is 172 Å². The molecule has 28 heavy (non-hydrogen) atoms. The largest absolute Gasteiger partial charge is 0.486 e. The molecular formula is C16H15N5O4S3. The lowest BCUT2D eigenvalue weighted by Gasteiger charge is -2.18. The van der Waals surface area contributed by atoms with Gasteiger partial charge in [-0.15, -0.1) is 20.4 Å². The van der Waals surface area contributed by atoms with Gasteiger partial charge in [0.15, 0.2) is 15.8 Å². The highest BCUT2D eigenvalue weighted by Gasteiger charge is 2.16. The molecular weight excluding hydrogens is 422 g/mol. The van der Waals surface area contributed by atoms with E-state index in [4.69, 9.17) is 13.9 Å². The summed E-state index contributed by atoms with van der Waals surface area (Å²) in [6.07, 6.45) is 0. The zero-order valence-electron chi connectivity index (χ0n) is 14.7. The van der Waals surface area contributed by atoms with Gasteiger partial charge >= 0.3 is 0 Å². The minimum Gasteiger partial charge on any atom is -0.486 e. The average molecular weight is 438 g/mol. The van der Waals surface area contributed by atoms with Crippen LogP contribution >= 0.6 is 34.9 Å². The predicted molar refractivity (Wildman–Crippen MR) is 106 cm³/mol. The second-order valence-electron chi connectivity index (χ2n) is 5.37. The Kier molecular flexibility index (Phi) is 5.98. The number of anilines is 1. The molecule has 3 heterocycles. The highest BCUT2D eigenvalue weighted by molar-refractivity contribution is 8.01. The maximum atomic E-state index is 12.1. The fourth-order valence-electron chi connectivity index (χ4n) is 2.29. The van der Waals surface area contributed by atoms with E-state index in [0.29, 0.717) is 41.0 Å². The summed E-state index contributed by atoms with van der Waals surface area (Å²) >= 11 is 4.08. The molecule has 1 N–H and O–H groups in total. The first-order chi connectivity index (χ1) is 13.7. The van der Waals surface area contributed by atoms with Crippen molar-refractivity contribution in [2.75, 3.05) is 30.0 Å². The van der Waals surface area contributed by atoms with Crippen LogP contribution in [-0.2, 0) is 4.79 Å². The van der Waals surface area contributed by atoms with Gasteiger partial charge in [-0.05, 0) is 24.0 Å². The second kappa shape index (κ2) is 8.80. The number of nitrogens with one attached hydrogen (secondary N) is 1. The maximum absolute atomic E-state index is 12.1. The zero-order valence-corrected chi connectivity index (χ0v) is 17.2. The minimum absolute atomic E-state index is 0.124. The Morgan fingerprint density at radius 1 is 1.14 bits per heavy atom. The van der Waals surface area contributed by atoms with Crippen LogP contribution in [0.5, 0.6) is 11.5 Å². The first-order valence-corrected chi connectivity index (χ1v) is 11.1. The van der Waals surface area contributed by atoms with E-state index in [1.807, 2.05) is 13.0 Å². The molecule has 3 aromatic rings. The Hall–Kier alpha value is -2.31. The van der Waals surface area contributed by atoms with E-state index in [0.717, 1.165) is 27.4 Å². The molecule has 0 unspecified atom stereocenters. The van der Waals surface area contributed by atoms with Crippen LogP contribution in [-0.4, -0.2) is 51.0 Å². The lowest BCUT2D eigenvalue weighted by molar-refractivity contribution is -0.113. The van der Waals surface area contributed by atoms with E-state index in [2.05, 4.69) is 25.7 Å². The van der Waals surface area contributed by atoms with E-state index in [9.17, 15) is 4.79 Å². The second-order valence-corrected chi connectivity index (χ2v) is 8.79. The van der Waals surface area contributed by atoms with E-state index >= 15 is 0 Å². The lowest BCUT2D eigenvalue weighted by Crippen LogP contribution is -2.15. The van der Waals surface area contributed by atoms with Crippen molar-refractivity contribution in [3.05, 3.63) is 18.2 Å². The molecule has 1 amide bonds. The first-order valence-electron chi connectivity index (χ1n) is 8.33. The highest BCUT2D eigenvalue weighted by atomic mass is 32.2. The number of thioether (sulfide) groups is 2. The molecule has 0 bridgehead atoms. The van der Waals surface area contributed by atoms with Crippen molar-refractivity contribution in [3.63, 3.8) is 0 Å². The van der Waals surface area contributed by atoms with Crippen molar-refractivity contribution in [1.82, 2.24) is 20.4 Å². The maximum Gasteiger partial charge on any atom is 0.277 e. The third-order valence-corrected chi connectivity index (χ3v) is 6.12. The number of hydrogen-bond acceptors (Lipinski definition) is 11. The molecule has 1 aliphatic rings. The fraction of sp³-hybridized carbons (Fsp3) is 0.312. The Morgan fingerprint density at radius 3 is 2.86 bits per heavy atom. The van der Waals surface area contributed by atoms with Crippen LogP contribution in [0.2, 0.25) is 0 Å². The summed E-state index contributed by atoms with van der Waals surface area (Å²) in [5.41, 5.74) is 0.725. The number of nitrogens with zero attached hydrogens (tertiary/aromatic N) is 4. The van der Waals surface area contributed by atoms with Crippen molar-refractivity contribution in [2.45, 2.75) is 16.5 Å². The molecule has 1 aromatic carbocycles. The molecule has 0 saturated carbocycles. The van der Waals surface area contributed by atoms with Crippen LogP contribution in [0, 0.1) is 0 Å². The van der Waals surface area contributed by atoms with E-state index in [-0.39, 0.29) is 11.7 Å². The third-order valence-electron chi connectivity index (χ3n) is 3.44. The Morgan fingerprint density at radius 2 is 2.00 bits per heavy atom. The smallest absolute Gasteiger partial charge is 0.277 e. The van der Waals surface area contributed by atoms with Gasteiger partial charge in [0.05, 0.1) is 5.75 Å². The van der Waals surface area contributed by atoms with Crippen LogP contribution in [0.15, 0.2) is 32.2 Å². The quantitative estimate of drug-likeness (QED) is 0.437. The molecule has 0 aliphatic carbocycles. The summed E-state index contributed by atoms with van der Waals surface area (Å²) in [6, 6.07) is 5.43. The fourth-order valence-corrected chi connectivity index (χ4v) is 4.51. The van der Waals surface area contributed by atoms with Gasteiger partial charge < -0.3 is 13.9 Å². The zero-order chi connectivity index (χ0) is 19.3.